The maximum absolute atomic E-state index is 12.6. The Morgan fingerprint density at radius 1 is 1.17 bits per heavy atom. The van der Waals surface area contributed by atoms with Crippen LogP contribution >= 0.6 is 11.3 Å². The van der Waals surface area contributed by atoms with Crippen LogP contribution in [0.2, 0.25) is 0 Å². The fraction of sp³-hybridized carbons (Fsp3) is 0.217. The Morgan fingerprint density at radius 3 is 2.62 bits per heavy atom. The lowest BCUT2D eigenvalue weighted by Crippen LogP contribution is -2.26. The third kappa shape index (κ3) is 4.17. The summed E-state index contributed by atoms with van der Waals surface area (Å²) in [6.07, 6.45) is 0. The number of nitrogens with one attached hydrogen (secondary N) is 1. The highest BCUT2D eigenvalue weighted by Gasteiger charge is 2.19. The summed E-state index contributed by atoms with van der Waals surface area (Å²) >= 11 is 1.60. The van der Waals surface area contributed by atoms with Crippen LogP contribution in [0.4, 0.5) is 0 Å². The van der Waals surface area contributed by atoms with E-state index in [0.29, 0.717) is 17.9 Å². The van der Waals surface area contributed by atoms with Gasteiger partial charge in [0.2, 0.25) is 0 Å². The molecule has 6 heteroatoms. The van der Waals surface area contributed by atoms with Crippen LogP contribution in [0.1, 0.15) is 45.3 Å². The van der Waals surface area contributed by atoms with Gasteiger partial charge in [0.1, 0.15) is 23.7 Å². The van der Waals surface area contributed by atoms with Crippen molar-refractivity contribution in [3.63, 3.8) is 0 Å². The molecule has 2 aromatic heterocycles. The molecule has 0 radical (unpaired) electrons. The first-order chi connectivity index (χ1) is 14.0. The van der Waals surface area contributed by atoms with Gasteiger partial charge in [0.05, 0.1) is 16.7 Å². The fourth-order valence-electron chi connectivity index (χ4n) is 3.29. The van der Waals surface area contributed by atoms with E-state index in [0.717, 1.165) is 33.0 Å². The number of carbonyl (C=O) groups is 1. The van der Waals surface area contributed by atoms with Gasteiger partial charge in [-0.15, -0.1) is 11.3 Å². The lowest BCUT2D eigenvalue weighted by molar-refractivity contribution is 0.0935. The number of thiazole rings is 1. The summed E-state index contributed by atoms with van der Waals surface area (Å²) in [5.74, 6) is 1.32. The van der Waals surface area contributed by atoms with Crippen LogP contribution in [0, 0.1) is 13.8 Å². The number of furan rings is 1. The van der Waals surface area contributed by atoms with Crippen molar-refractivity contribution >= 4 is 28.2 Å². The molecule has 4 rings (SSSR count). The number of aromatic nitrogens is 1. The molecule has 5 nitrogen and oxygen atoms in total. The summed E-state index contributed by atoms with van der Waals surface area (Å²) in [4.78, 5) is 17.0. The standard InChI is InChI=1S/C23H22N2O3S/c1-14-20-6-4-5-7-21(20)28-22(14)15(2)24-23(26)17-8-10-19(11-9-17)27-12-18-13-29-16(3)25-18/h4-11,13,15H,12H2,1-3H3,(H,24,26). The van der Waals surface area contributed by atoms with Crippen molar-refractivity contribution in [2.75, 3.05) is 0 Å². The first-order valence-corrected chi connectivity index (χ1v) is 10.3. The zero-order valence-corrected chi connectivity index (χ0v) is 17.4. The number of benzene rings is 2. The van der Waals surface area contributed by atoms with Crippen LogP contribution < -0.4 is 10.1 Å². The van der Waals surface area contributed by atoms with Crippen LogP contribution in [0.5, 0.6) is 5.75 Å². The Balaban J connectivity index is 1.40. The second-order valence-corrected chi connectivity index (χ2v) is 8.02. The highest BCUT2D eigenvalue weighted by atomic mass is 32.1. The second kappa shape index (κ2) is 8.09. The lowest BCUT2D eigenvalue weighted by Gasteiger charge is -2.13. The van der Waals surface area contributed by atoms with E-state index in [1.165, 1.54) is 0 Å². The highest BCUT2D eigenvalue weighted by Crippen LogP contribution is 2.29. The third-order valence-electron chi connectivity index (χ3n) is 4.79. The normalized spacial score (nSPS) is 12.1. The minimum absolute atomic E-state index is 0.154. The van der Waals surface area contributed by atoms with Crippen molar-refractivity contribution in [3.8, 4) is 5.75 Å². The molecule has 0 aliphatic carbocycles. The smallest absolute Gasteiger partial charge is 0.251 e. The predicted molar refractivity (Wildman–Crippen MR) is 114 cm³/mol. The number of ether oxygens (including phenoxy) is 1. The van der Waals surface area contributed by atoms with Crippen molar-refractivity contribution < 1.29 is 13.9 Å². The Kier molecular flexibility index (Phi) is 5.36. The van der Waals surface area contributed by atoms with Gasteiger partial charge in [0.25, 0.3) is 5.91 Å². The summed E-state index contributed by atoms with van der Waals surface area (Å²) < 4.78 is 11.7. The summed E-state index contributed by atoms with van der Waals surface area (Å²) in [5, 5.41) is 7.08. The van der Waals surface area contributed by atoms with Crippen molar-refractivity contribution in [2.24, 2.45) is 0 Å². The van der Waals surface area contributed by atoms with E-state index in [2.05, 4.69) is 10.3 Å². The highest BCUT2D eigenvalue weighted by molar-refractivity contribution is 7.09. The summed E-state index contributed by atoms with van der Waals surface area (Å²) in [6, 6.07) is 14.8. The van der Waals surface area contributed by atoms with Gasteiger partial charge in [-0.2, -0.15) is 0 Å². The SMILES string of the molecule is Cc1nc(COc2ccc(C(=O)NC(C)c3oc4ccccc4c3C)cc2)cs1. The van der Waals surface area contributed by atoms with Gasteiger partial charge < -0.3 is 14.5 Å². The van der Waals surface area contributed by atoms with Crippen molar-refractivity contribution in [3.05, 3.63) is 81.5 Å². The fourth-order valence-corrected chi connectivity index (χ4v) is 3.88. The van der Waals surface area contributed by atoms with E-state index in [-0.39, 0.29) is 11.9 Å². The molecule has 0 fully saturated rings. The number of hydrogen-bond acceptors (Lipinski definition) is 5. The van der Waals surface area contributed by atoms with Crippen LogP contribution in [0.3, 0.4) is 0 Å². The maximum Gasteiger partial charge on any atom is 0.251 e. The molecule has 0 aliphatic heterocycles. The Hall–Kier alpha value is -3.12. The Morgan fingerprint density at radius 2 is 1.93 bits per heavy atom. The van der Waals surface area contributed by atoms with E-state index >= 15 is 0 Å². The number of hydrogen-bond donors (Lipinski definition) is 1. The van der Waals surface area contributed by atoms with Gasteiger partial charge in [-0.05, 0) is 51.1 Å². The van der Waals surface area contributed by atoms with E-state index in [9.17, 15) is 4.79 Å². The minimum Gasteiger partial charge on any atom is -0.487 e. The minimum atomic E-state index is -0.237. The molecular formula is C23H22N2O3S. The van der Waals surface area contributed by atoms with Crippen LogP contribution in [0.25, 0.3) is 11.0 Å². The van der Waals surface area contributed by atoms with E-state index in [4.69, 9.17) is 9.15 Å². The van der Waals surface area contributed by atoms with Gasteiger partial charge >= 0.3 is 0 Å². The molecular weight excluding hydrogens is 384 g/mol. The molecule has 2 heterocycles. The van der Waals surface area contributed by atoms with Gasteiger partial charge in [0.15, 0.2) is 0 Å². The quantitative estimate of drug-likeness (QED) is 0.454. The topological polar surface area (TPSA) is 64.4 Å². The first kappa shape index (κ1) is 19.2. The summed E-state index contributed by atoms with van der Waals surface area (Å²) in [6.45, 7) is 6.32. The first-order valence-electron chi connectivity index (χ1n) is 9.44. The predicted octanol–water partition coefficient (Wildman–Crippen LogP) is 5.58. The van der Waals surface area contributed by atoms with Gasteiger partial charge in [0, 0.05) is 21.9 Å². The van der Waals surface area contributed by atoms with Crippen LogP contribution in [-0.4, -0.2) is 10.9 Å². The molecule has 1 amide bonds. The molecule has 0 bridgehead atoms. The average Bonchev–Trinajstić information content (AvgIpc) is 3.30. The number of amides is 1. The Labute approximate surface area is 173 Å². The molecule has 0 spiro atoms. The van der Waals surface area contributed by atoms with Crippen LogP contribution in [0.15, 0.2) is 58.3 Å². The number of carbonyl (C=O) groups excluding carboxylic acids is 1. The summed E-state index contributed by atoms with van der Waals surface area (Å²) in [7, 11) is 0. The number of aryl methyl sites for hydroxylation is 2. The number of fused-ring (bicyclic) bond motifs is 1. The Bertz CT molecular complexity index is 1140. The van der Waals surface area contributed by atoms with Crippen molar-refractivity contribution in [2.45, 2.75) is 33.4 Å². The molecule has 1 N–H and O–H groups in total. The largest absolute Gasteiger partial charge is 0.487 e. The van der Waals surface area contributed by atoms with E-state index in [1.807, 2.05) is 50.4 Å². The average molecular weight is 407 g/mol. The molecule has 0 saturated heterocycles. The summed E-state index contributed by atoms with van der Waals surface area (Å²) in [5.41, 5.74) is 3.36. The number of nitrogens with zero attached hydrogens (tertiary/aromatic N) is 1. The zero-order chi connectivity index (χ0) is 20.4. The molecule has 0 saturated carbocycles. The van der Waals surface area contributed by atoms with E-state index < -0.39 is 0 Å². The number of para-hydroxylation sites is 1. The number of rotatable bonds is 6. The monoisotopic (exact) mass is 406 g/mol. The molecule has 1 unspecified atom stereocenters. The van der Waals surface area contributed by atoms with Crippen molar-refractivity contribution in [1.29, 1.82) is 0 Å². The van der Waals surface area contributed by atoms with Gasteiger partial charge in [-0.1, -0.05) is 18.2 Å². The molecule has 29 heavy (non-hydrogen) atoms. The molecule has 0 aliphatic rings. The second-order valence-electron chi connectivity index (χ2n) is 6.95. The van der Waals surface area contributed by atoms with Crippen molar-refractivity contribution in [1.82, 2.24) is 10.3 Å². The third-order valence-corrected chi connectivity index (χ3v) is 5.61. The molecule has 4 aromatic rings. The van der Waals surface area contributed by atoms with Crippen LogP contribution in [-0.2, 0) is 6.61 Å². The van der Waals surface area contributed by atoms with Gasteiger partial charge in [-0.3, -0.25) is 4.79 Å². The van der Waals surface area contributed by atoms with Gasteiger partial charge in [-0.25, -0.2) is 4.98 Å². The maximum atomic E-state index is 12.6. The molecule has 148 valence electrons. The molecule has 1 atom stereocenters. The lowest BCUT2D eigenvalue weighted by atomic mass is 10.1. The molecule has 2 aromatic carbocycles. The zero-order valence-electron chi connectivity index (χ0n) is 16.6. The van der Waals surface area contributed by atoms with E-state index in [1.54, 1.807) is 35.6 Å².